The molecule has 0 radical (unpaired) electrons. The van der Waals surface area contributed by atoms with Crippen LogP contribution in [0.5, 0.6) is 17.2 Å². The first kappa shape index (κ1) is 31.7. The van der Waals surface area contributed by atoms with Gasteiger partial charge in [0.25, 0.3) is 0 Å². The number of hydrogen-bond donors (Lipinski definition) is 2. The molecule has 0 aromatic heterocycles. The minimum absolute atomic E-state index is 0.135. The number of ether oxygens (including phenoxy) is 1. The molecule has 3 aromatic carbocycles. The summed E-state index contributed by atoms with van der Waals surface area (Å²) < 4.78 is 6.63. The average Bonchev–Trinajstić information content (AvgIpc) is 3.30. The molecule has 0 spiro atoms. The van der Waals surface area contributed by atoms with Gasteiger partial charge in [0, 0.05) is 5.41 Å². The fourth-order valence-electron chi connectivity index (χ4n) is 8.73. The summed E-state index contributed by atoms with van der Waals surface area (Å²) in [6.07, 6.45) is 12.4. The van der Waals surface area contributed by atoms with Crippen molar-refractivity contribution in [2.45, 2.75) is 88.0 Å². The quantitative estimate of drug-likeness (QED) is 0.149. The fourth-order valence-corrected chi connectivity index (χ4v) is 9.86. The summed E-state index contributed by atoms with van der Waals surface area (Å²) in [4.78, 5) is 13.5. The Morgan fingerprint density at radius 3 is 2.60 bits per heavy atom. The topological polar surface area (TPSA) is 66.8 Å². The zero-order chi connectivity index (χ0) is 32.0. The third kappa shape index (κ3) is 5.69. The highest BCUT2D eigenvalue weighted by Gasteiger charge is 2.63. The van der Waals surface area contributed by atoms with Crippen molar-refractivity contribution in [3.8, 4) is 29.6 Å². The summed E-state index contributed by atoms with van der Waals surface area (Å²) in [5, 5.41) is 22.0. The third-order valence-corrected chi connectivity index (χ3v) is 12.7. The minimum atomic E-state index is -1.10. The second kappa shape index (κ2) is 12.2. The minimum Gasteiger partial charge on any atom is -0.508 e. The van der Waals surface area contributed by atoms with Crippen LogP contribution in [-0.4, -0.2) is 39.2 Å². The van der Waals surface area contributed by atoms with E-state index in [1.165, 1.54) is 16.7 Å². The van der Waals surface area contributed by atoms with Crippen LogP contribution in [0, 0.1) is 29.6 Å². The summed E-state index contributed by atoms with van der Waals surface area (Å²) in [5.41, 5.74) is 2.33. The lowest BCUT2D eigenvalue weighted by atomic mass is 9.49. The van der Waals surface area contributed by atoms with Gasteiger partial charge in [-0.1, -0.05) is 50.5 Å². The van der Waals surface area contributed by atoms with Crippen LogP contribution < -0.4 is 4.74 Å². The van der Waals surface area contributed by atoms with Crippen LogP contribution in [-0.2, 0) is 11.2 Å². The molecule has 6 rings (SSSR count). The lowest BCUT2D eigenvalue weighted by Gasteiger charge is -2.55. The molecule has 2 N–H and O–H groups in total. The van der Waals surface area contributed by atoms with Crippen LogP contribution in [0.1, 0.15) is 87.8 Å². The fraction of sp³-hybridized carbons (Fsp3) is 0.462. The summed E-state index contributed by atoms with van der Waals surface area (Å²) in [6.45, 7) is 6.82. The molecule has 0 heterocycles. The van der Waals surface area contributed by atoms with Crippen molar-refractivity contribution in [1.82, 2.24) is 0 Å². The SMILES string of the molecule is C#C[C@]1(O)CCC2C3CCc4cc(O)ccc4C3[C@@H](c3ccc(Oc4cccc(S[N+](C)(CCCC)C(C)=O)c4)cc3)C[C@@]21C. The number of aryl methyl sites for hydroxylation is 1. The smallest absolute Gasteiger partial charge is 0.322 e. The molecule has 2 saturated carbocycles. The Balaban J connectivity index is 1.28. The maximum absolute atomic E-state index is 12.5. The first-order valence-electron chi connectivity index (χ1n) is 16.5. The van der Waals surface area contributed by atoms with Crippen LogP contribution in [0.4, 0.5) is 0 Å². The van der Waals surface area contributed by atoms with Gasteiger partial charge in [-0.25, -0.2) is 4.79 Å². The Bertz CT molecular complexity index is 1610. The predicted octanol–water partition coefficient (Wildman–Crippen LogP) is 8.60. The zero-order valence-corrected chi connectivity index (χ0v) is 27.8. The van der Waals surface area contributed by atoms with Gasteiger partial charge >= 0.3 is 5.91 Å². The van der Waals surface area contributed by atoms with E-state index in [2.05, 4.69) is 38.0 Å². The third-order valence-electron chi connectivity index (χ3n) is 11.4. The Morgan fingerprint density at radius 1 is 1.11 bits per heavy atom. The van der Waals surface area contributed by atoms with E-state index in [0.29, 0.717) is 33.8 Å². The van der Waals surface area contributed by atoms with Crippen molar-refractivity contribution in [1.29, 1.82) is 0 Å². The van der Waals surface area contributed by atoms with Crippen molar-refractivity contribution in [3.05, 3.63) is 83.4 Å². The summed E-state index contributed by atoms with van der Waals surface area (Å²) >= 11 is 1.56. The number of terminal acetylenes is 1. The Hall–Kier alpha value is -3.24. The van der Waals surface area contributed by atoms with Crippen molar-refractivity contribution < 1.29 is 23.6 Å². The maximum Gasteiger partial charge on any atom is 0.322 e. The lowest BCUT2D eigenvalue weighted by Crippen LogP contribution is -2.52. The van der Waals surface area contributed by atoms with Crippen LogP contribution in [0.15, 0.2) is 71.6 Å². The standard InChI is InChI=1S/C39H45NO4S/c1-6-8-22-40(5,26(3)41)45-32-11-9-10-31(24-32)44-30-16-12-27(13-17-30)35-25-38(4)36(20-21-39(38,43)7-2)34-18-14-28-23-29(42)15-19-33(28)37(34)35/h2,9-13,15-17,19,23-24,34-37,43H,6,8,14,18,20-22,25H2,1,3-5H3/p+1/t34?,35-,36?,37?,38+,39+,40?/m1/s1. The molecular formula is C39H46NO4S+. The zero-order valence-electron chi connectivity index (χ0n) is 27.0. The normalized spacial score (nSPS) is 29.9. The molecule has 0 bridgehead atoms. The Morgan fingerprint density at radius 2 is 1.89 bits per heavy atom. The number of rotatable bonds is 8. The van der Waals surface area contributed by atoms with Crippen LogP contribution >= 0.6 is 11.9 Å². The van der Waals surface area contributed by atoms with Crippen LogP contribution in [0.3, 0.4) is 0 Å². The van der Waals surface area contributed by atoms with E-state index in [4.69, 9.17) is 11.2 Å². The van der Waals surface area contributed by atoms with Gasteiger partial charge in [-0.2, -0.15) is 3.89 Å². The van der Waals surface area contributed by atoms with Gasteiger partial charge in [-0.05, 0) is 121 Å². The predicted molar refractivity (Wildman–Crippen MR) is 180 cm³/mol. The number of fused-ring (bicyclic) bond motifs is 5. The molecule has 0 saturated heterocycles. The average molecular weight is 625 g/mol. The molecule has 45 heavy (non-hydrogen) atoms. The molecule has 2 fully saturated rings. The highest BCUT2D eigenvalue weighted by Crippen LogP contribution is 2.67. The molecule has 3 aromatic rings. The largest absolute Gasteiger partial charge is 0.508 e. The molecule has 5 nitrogen and oxygen atoms in total. The van der Waals surface area contributed by atoms with E-state index in [-0.39, 0.29) is 17.2 Å². The van der Waals surface area contributed by atoms with Gasteiger partial charge in [0.1, 0.15) is 34.8 Å². The number of carbonyl (C=O) groups is 1. The number of benzene rings is 3. The van der Waals surface area contributed by atoms with Gasteiger partial charge in [-0.3, -0.25) is 0 Å². The number of phenols is 1. The van der Waals surface area contributed by atoms with E-state index >= 15 is 0 Å². The highest BCUT2D eigenvalue weighted by molar-refractivity contribution is 7.94. The maximum atomic E-state index is 12.5. The summed E-state index contributed by atoms with van der Waals surface area (Å²) in [7, 11) is 1.98. The number of carbonyl (C=O) groups excluding carboxylic acids is 1. The molecule has 6 heteroatoms. The molecule has 3 aliphatic rings. The van der Waals surface area contributed by atoms with Gasteiger partial charge in [-0.15, -0.1) is 6.42 Å². The molecule has 4 unspecified atom stereocenters. The molecule has 3 aliphatic carbocycles. The molecular weight excluding hydrogens is 578 g/mol. The number of aromatic hydroxyl groups is 1. The van der Waals surface area contributed by atoms with Gasteiger partial charge in [0.2, 0.25) is 0 Å². The monoisotopic (exact) mass is 624 g/mol. The number of unbranched alkanes of at least 4 members (excludes halogenated alkanes) is 1. The molecule has 1 amide bonds. The van der Waals surface area contributed by atoms with Crippen molar-refractivity contribution >= 4 is 17.9 Å². The summed E-state index contributed by atoms with van der Waals surface area (Å²) in [6, 6.07) is 22.3. The summed E-state index contributed by atoms with van der Waals surface area (Å²) in [5.74, 6) is 6.02. The Kier molecular flexibility index (Phi) is 8.58. The van der Waals surface area contributed by atoms with Crippen molar-refractivity contribution in [3.63, 3.8) is 0 Å². The van der Waals surface area contributed by atoms with Gasteiger partial charge in [0.05, 0.1) is 25.4 Å². The van der Waals surface area contributed by atoms with Crippen molar-refractivity contribution in [2.24, 2.45) is 17.3 Å². The number of amides is 1. The molecule has 7 atom stereocenters. The van der Waals surface area contributed by atoms with Gasteiger partial charge < -0.3 is 14.9 Å². The van der Waals surface area contributed by atoms with Crippen LogP contribution in [0.2, 0.25) is 0 Å². The number of phenolic OH excluding ortho intramolecular Hbond substituents is 1. The van der Waals surface area contributed by atoms with E-state index in [1.54, 1.807) is 18.9 Å². The highest BCUT2D eigenvalue weighted by atomic mass is 32.2. The Labute approximate surface area is 272 Å². The van der Waals surface area contributed by atoms with Crippen molar-refractivity contribution in [2.75, 3.05) is 13.6 Å². The lowest BCUT2D eigenvalue weighted by molar-refractivity contribution is -0.692. The van der Waals surface area contributed by atoms with Gasteiger partial charge in [0.15, 0.2) is 0 Å². The second-order valence-corrected chi connectivity index (χ2v) is 15.4. The number of aliphatic hydroxyl groups is 1. The van der Waals surface area contributed by atoms with Crippen LogP contribution in [0.25, 0.3) is 0 Å². The first-order valence-corrected chi connectivity index (χ1v) is 17.2. The van der Waals surface area contributed by atoms with E-state index < -0.39 is 5.60 Å². The van der Waals surface area contributed by atoms with E-state index in [9.17, 15) is 15.0 Å². The number of quaternary nitrogens is 1. The molecule has 236 valence electrons. The van der Waals surface area contributed by atoms with E-state index in [0.717, 1.165) is 61.5 Å². The number of nitrogens with zero attached hydrogens (tertiary/aromatic N) is 1. The first-order chi connectivity index (χ1) is 21.5. The second-order valence-electron chi connectivity index (χ2n) is 13.9. The number of hydrogen-bond acceptors (Lipinski definition) is 5. The molecule has 0 aliphatic heterocycles. The van der Waals surface area contributed by atoms with E-state index in [1.807, 2.05) is 55.6 Å².